The number of likely N-dealkylation sites (N-methyl/N-ethyl adjacent to an activating group) is 7. The monoisotopic (exact) mass is 1330 g/mol. The molecule has 5 N–H and O–H groups in total. The summed E-state index contributed by atoms with van der Waals surface area (Å²) in [6.45, 7) is 29.7. The minimum atomic E-state index is -1.67. The number of allylic oxidation sites excluding steroid dienone is 2. The number of ether oxygens (including phenoxy) is 1. The van der Waals surface area contributed by atoms with E-state index in [2.05, 4.69) is 21.3 Å². The van der Waals surface area contributed by atoms with Gasteiger partial charge in [0.15, 0.2) is 0 Å². The number of esters is 1. The van der Waals surface area contributed by atoms with Crippen molar-refractivity contribution in [3.05, 3.63) is 12.2 Å². The van der Waals surface area contributed by atoms with E-state index in [1.807, 2.05) is 55.4 Å². The summed E-state index contributed by atoms with van der Waals surface area (Å²) < 4.78 is 4.85. The minimum Gasteiger partial charge on any atom is -0.469 e. The van der Waals surface area contributed by atoms with Gasteiger partial charge in [0.25, 0.3) is 0 Å². The van der Waals surface area contributed by atoms with Crippen molar-refractivity contribution in [3.63, 3.8) is 0 Å². The molecule has 0 aromatic carbocycles. The molecule has 1 aliphatic heterocycles. The fourth-order valence-corrected chi connectivity index (χ4v) is 12.5. The van der Waals surface area contributed by atoms with Crippen LogP contribution in [0.4, 0.5) is 0 Å². The van der Waals surface area contributed by atoms with Crippen LogP contribution in [0, 0.1) is 41.4 Å². The standard InChI is InChI=1S/C67H119N11O14S/c1-26-28-29-43(15)56(80)55-60(84)70-46(27-2)62(86)76(22)51(36-93-31-30-52(79)92-25)65(89)72(18)48(33-38(5)6)59(83)71-53(41(11)12)66(90)73(19)47(32-37(3)4)58(82)68-44(16)57(81)69-45(17)61(85)74(20)49(34-39(7)8)63(87)75(21)50(35-40(9)10)64(88)77(23)54(42(13)14)67(91)78(55)24/h26,28,37-51,53-56,80H,27,29-36H2,1-25H3,(H,68,82)(H,69,81)(H,70,84)(H,71,83)/b28-26+/t43-,44+,45-,46+,47+,48+,49+,50+,51?,53+,54+,55?,56-/m1/s1. The number of carbonyl (C=O) groups is 12. The van der Waals surface area contributed by atoms with Gasteiger partial charge in [-0.25, -0.2) is 0 Å². The second kappa shape index (κ2) is 39.5. The van der Waals surface area contributed by atoms with Crippen LogP contribution in [-0.2, 0) is 62.3 Å². The Labute approximate surface area is 560 Å². The minimum absolute atomic E-state index is 0.0356. The number of methoxy groups -OCH3 is 1. The molecule has 0 aliphatic carbocycles. The lowest BCUT2D eigenvalue weighted by molar-refractivity contribution is -0.157. The summed E-state index contributed by atoms with van der Waals surface area (Å²) in [7, 11) is 11.1. The lowest BCUT2D eigenvalue weighted by Crippen LogP contribution is -2.64. The fourth-order valence-electron chi connectivity index (χ4n) is 11.4. The van der Waals surface area contributed by atoms with Gasteiger partial charge in [0.1, 0.15) is 66.5 Å². The van der Waals surface area contributed by atoms with Crippen molar-refractivity contribution in [2.45, 2.75) is 235 Å². The Bertz CT molecular complexity index is 2570. The van der Waals surface area contributed by atoms with E-state index >= 15 is 28.8 Å². The van der Waals surface area contributed by atoms with Gasteiger partial charge in [-0.2, -0.15) is 11.8 Å². The molecule has 0 aromatic rings. The van der Waals surface area contributed by atoms with Crippen LogP contribution >= 0.6 is 11.8 Å². The van der Waals surface area contributed by atoms with Gasteiger partial charge < -0.3 is 65.4 Å². The molecular formula is C67H119N11O14S. The van der Waals surface area contributed by atoms with Gasteiger partial charge in [0, 0.05) is 60.8 Å². The van der Waals surface area contributed by atoms with E-state index in [0.29, 0.717) is 0 Å². The van der Waals surface area contributed by atoms with Gasteiger partial charge in [-0.05, 0) is 101 Å². The van der Waals surface area contributed by atoms with Gasteiger partial charge >= 0.3 is 5.97 Å². The molecule has 0 bridgehead atoms. The summed E-state index contributed by atoms with van der Waals surface area (Å²) in [4.78, 5) is 184. The van der Waals surface area contributed by atoms with Gasteiger partial charge in [-0.1, -0.05) is 109 Å². The van der Waals surface area contributed by atoms with Crippen LogP contribution in [0.3, 0.4) is 0 Å². The molecule has 25 nitrogen and oxygen atoms in total. The Hall–Kier alpha value is -6.31. The maximum Gasteiger partial charge on any atom is 0.306 e. The Morgan fingerprint density at radius 3 is 1.35 bits per heavy atom. The largest absolute Gasteiger partial charge is 0.469 e. The van der Waals surface area contributed by atoms with Gasteiger partial charge in [-0.15, -0.1) is 0 Å². The molecule has 532 valence electrons. The summed E-state index contributed by atoms with van der Waals surface area (Å²) in [6.07, 6.45) is 2.70. The molecule has 26 heteroatoms. The number of hydrogen-bond donors (Lipinski definition) is 5. The van der Waals surface area contributed by atoms with Crippen molar-refractivity contribution in [3.8, 4) is 0 Å². The molecule has 0 spiro atoms. The van der Waals surface area contributed by atoms with Gasteiger partial charge in [-0.3, -0.25) is 57.5 Å². The van der Waals surface area contributed by atoms with E-state index in [1.54, 1.807) is 60.6 Å². The molecule has 1 rings (SSSR count). The number of aliphatic hydroxyl groups is 1. The lowest BCUT2D eigenvalue weighted by Gasteiger charge is -2.41. The zero-order valence-electron chi connectivity index (χ0n) is 60.8. The number of rotatable bonds is 20. The predicted molar refractivity (Wildman–Crippen MR) is 361 cm³/mol. The first kappa shape index (κ1) is 84.7. The normalized spacial score (nSPS) is 26.3. The highest BCUT2D eigenvalue weighted by Gasteiger charge is 2.46. The summed E-state index contributed by atoms with van der Waals surface area (Å²) in [5, 5.41) is 23.3. The zero-order valence-corrected chi connectivity index (χ0v) is 61.6. The highest BCUT2D eigenvalue weighted by Crippen LogP contribution is 2.26. The number of nitrogens with one attached hydrogen (secondary N) is 4. The maximum absolute atomic E-state index is 15.3. The molecule has 0 aromatic heterocycles. The molecule has 1 heterocycles. The maximum atomic E-state index is 15.3. The third kappa shape index (κ3) is 24.4. The molecule has 13 atom stereocenters. The summed E-state index contributed by atoms with van der Waals surface area (Å²) in [5.74, 6) is -10.8. The van der Waals surface area contributed by atoms with E-state index < -0.39 is 161 Å². The second-order valence-corrected chi connectivity index (χ2v) is 28.9. The van der Waals surface area contributed by atoms with E-state index in [9.17, 15) is 33.9 Å². The molecule has 93 heavy (non-hydrogen) atoms. The molecule has 1 saturated heterocycles. The summed E-state index contributed by atoms with van der Waals surface area (Å²) in [5.41, 5.74) is 0. The molecule has 2 unspecified atom stereocenters. The van der Waals surface area contributed by atoms with E-state index in [-0.39, 0.29) is 80.1 Å². The number of nitrogens with zero attached hydrogens (tertiary/aromatic N) is 7. The number of carbonyl (C=O) groups excluding carboxylic acids is 12. The molecule has 1 fully saturated rings. The average Bonchev–Trinajstić information content (AvgIpc) is 0.848. The van der Waals surface area contributed by atoms with Crippen LogP contribution in [-0.4, -0.2) is 251 Å². The van der Waals surface area contributed by atoms with Crippen LogP contribution in [0.5, 0.6) is 0 Å². The number of thioether (sulfide) groups is 1. The highest BCUT2D eigenvalue weighted by molar-refractivity contribution is 7.99. The summed E-state index contributed by atoms with van der Waals surface area (Å²) in [6, 6.07) is -14.2. The number of hydrogen-bond acceptors (Lipinski definition) is 15. The molecule has 0 radical (unpaired) electrons. The molecule has 0 saturated carbocycles. The third-order valence-electron chi connectivity index (χ3n) is 17.3. The Kier molecular flexibility index (Phi) is 36.0. The first-order valence-corrected chi connectivity index (χ1v) is 34.2. The van der Waals surface area contributed by atoms with E-state index in [4.69, 9.17) is 4.74 Å². The van der Waals surface area contributed by atoms with Crippen molar-refractivity contribution in [2.24, 2.45) is 41.4 Å². The van der Waals surface area contributed by atoms with E-state index in [0.717, 1.165) is 9.80 Å². The van der Waals surface area contributed by atoms with Crippen molar-refractivity contribution in [1.82, 2.24) is 55.6 Å². The van der Waals surface area contributed by atoms with E-state index in [1.165, 1.54) is 107 Å². The Morgan fingerprint density at radius 2 is 0.903 bits per heavy atom. The van der Waals surface area contributed by atoms with Crippen LogP contribution in [0.25, 0.3) is 0 Å². The van der Waals surface area contributed by atoms with Crippen LogP contribution in [0.1, 0.15) is 163 Å². The lowest BCUT2D eigenvalue weighted by atomic mass is 9.91. The number of aliphatic hydroxyl groups excluding tert-OH is 1. The number of amides is 11. The SMILES string of the molecule is C/C=C/C[C@@H](C)[C@@H](O)C1C(=O)N[C@@H](CC)C(=O)N(C)C(CSCCC(=O)OC)C(=O)N(C)[C@@H](CC(C)C)C(=O)N[C@@H](C(C)C)C(=O)N(C)[C@@H](CC(C)C)C(=O)N[C@@H](C)C(=O)N[C@H](C)C(=O)N(C)[C@@H](CC(C)C)C(=O)N(C)[C@@H](CC(C)C)C(=O)N(C)[C@@H](C(C)C)C(=O)N1C. The molecular weight excluding hydrogens is 1210 g/mol. The Morgan fingerprint density at radius 1 is 0.495 bits per heavy atom. The van der Waals surface area contributed by atoms with Crippen molar-refractivity contribution >= 4 is 82.7 Å². The quantitative estimate of drug-likeness (QED) is 0.0655. The second-order valence-electron chi connectivity index (χ2n) is 27.7. The van der Waals surface area contributed by atoms with Crippen LogP contribution in [0.2, 0.25) is 0 Å². The topological polar surface area (TPSA) is 305 Å². The van der Waals surface area contributed by atoms with Gasteiger partial charge in [0.05, 0.1) is 19.6 Å². The van der Waals surface area contributed by atoms with Crippen LogP contribution in [0.15, 0.2) is 12.2 Å². The fraction of sp³-hybridized carbons (Fsp3) is 0.791. The average molecular weight is 1330 g/mol. The highest BCUT2D eigenvalue weighted by atomic mass is 32.2. The molecule has 11 amide bonds. The predicted octanol–water partition coefficient (Wildman–Crippen LogP) is 3.93. The Balaban J connectivity index is 4.54. The smallest absolute Gasteiger partial charge is 0.306 e. The van der Waals surface area contributed by atoms with Crippen LogP contribution < -0.4 is 21.3 Å². The van der Waals surface area contributed by atoms with Crippen molar-refractivity contribution < 1.29 is 67.4 Å². The zero-order chi connectivity index (χ0) is 72.0. The van der Waals surface area contributed by atoms with Gasteiger partial charge in [0.2, 0.25) is 65.0 Å². The molecule has 1 aliphatic rings. The summed E-state index contributed by atoms with van der Waals surface area (Å²) >= 11 is 1.17. The van der Waals surface area contributed by atoms with Crippen molar-refractivity contribution in [2.75, 3.05) is 67.9 Å². The first-order valence-electron chi connectivity index (χ1n) is 33.1. The van der Waals surface area contributed by atoms with Crippen molar-refractivity contribution in [1.29, 1.82) is 0 Å². The third-order valence-corrected chi connectivity index (χ3v) is 18.4. The first-order chi connectivity index (χ1) is 43.1.